The second-order valence-corrected chi connectivity index (χ2v) is 6.98. The van der Waals surface area contributed by atoms with Crippen molar-refractivity contribution in [2.24, 2.45) is 0 Å². The number of ether oxygens (including phenoxy) is 1. The van der Waals surface area contributed by atoms with Gasteiger partial charge in [0, 0.05) is 24.7 Å². The first kappa shape index (κ1) is 18.4. The van der Waals surface area contributed by atoms with Crippen LogP contribution in [0.1, 0.15) is 35.3 Å². The molecule has 0 aliphatic heterocycles. The van der Waals surface area contributed by atoms with Gasteiger partial charge in [-0.2, -0.15) is 10.4 Å². The second-order valence-electron chi connectivity index (χ2n) is 6.01. The number of hydrogen-bond acceptors (Lipinski definition) is 5. The summed E-state index contributed by atoms with van der Waals surface area (Å²) in [5.74, 6) is 0.317. The third-order valence-electron chi connectivity index (χ3n) is 4.21. The Kier molecular flexibility index (Phi) is 5.92. The molecular weight excluding hydrogens is 375 g/mol. The van der Waals surface area contributed by atoms with E-state index in [4.69, 9.17) is 33.2 Å². The number of benzene rings is 1. The minimum Gasteiger partial charge on any atom is -0.490 e. The number of nitrogens with zero attached hydrogens (tertiary/aromatic N) is 3. The third-order valence-corrected chi connectivity index (χ3v) is 5.00. The molecule has 1 saturated carbocycles. The lowest BCUT2D eigenvalue weighted by Crippen LogP contribution is -2.46. The molecule has 8 heteroatoms. The molecule has 2 aromatic rings. The monoisotopic (exact) mass is 390 g/mol. The molecule has 1 aromatic carbocycles. The van der Waals surface area contributed by atoms with Crippen LogP contribution < -0.4 is 10.1 Å². The largest absolute Gasteiger partial charge is 0.490 e. The van der Waals surface area contributed by atoms with Crippen LogP contribution in [0.15, 0.2) is 36.5 Å². The molecule has 3 unspecified atom stereocenters. The van der Waals surface area contributed by atoms with Gasteiger partial charge in [-0.15, -0.1) is 16.7 Å². The molecule has 6 nitrogen and oxygen atoms in total. The van der Waals surface area contributed by atoms with Crippen molar-refractivity contribution in [3.63, 3.8) is 0 Å². The van der Waals surface area contributed by atoms with Gasteiger partial charge in [-0.05, 0) is 37.1 Å². The van der Waals surface area contributed by atoms with Gasteiger partial charge in [0.25, 0.3) is 5.91 Å². The van der Waals surface area contributed by atoms with Crippen molar-refractivity contribution in [2.45, 2.75) is 36.8 Å². The fourth-order valence-corrected chi connectivity index (χ4v) is 3.47. The number of nitrogens with one attached hydrogen (secondary N) is 1. The number of halogens is 2. The van der Waals surface area contributed by atoms with Gasteiger partial charge in [0.05, 0.1) is 16.0 Å². The van der Waals surface area contributed by atoms with Gasteiger partial charge in [-0.25, -0.2) is 0 Å². The molecule has 1 amide bonds. The van der Waals surface area contributed by atoms with Crippen molar-refractivity contribution in [2.75, 3.05) is 0 Å². The summed E-state index contributed by atoms with van der Waals surface area (Å²) < 4.78 is 5.93. The van der Waals surface area contributed by atoms with Crippen LogP contribution in [0.3, 0.4) is 0 Å². The van der Waals surface area contributed by atoms with Crippen molar-refractivity contribution in [1.82, 2.24) is 15.5 Å². The Hall–Kier alpha value is -2.36. The Morgan fingerprint density at radius 1 is 1.35 bits per heavy atom. The van der Waals surface area contributed by atoms with E-state index >= 15 is 0 Å². The highest BCUT2D eigenvalue weighted by Crippen LogP contribution is 2.29. The number of nitriles is 1. The van der Waals surface area contributed by atoms with Crippen LogP contribution >= 0.6 is 23.2 Å². The molecule has 1 aliphatic carbocycles. The van der Waals surface area contributed by atoms with Crippen LogP contribution in [0.4, 0.5) is 0 Å². The summed E-state index contributed by atoms with van der Waals surface area (Å²) in [6, 6.07) is 10.1. The topological polar surface area (TPSA) is 87.9 Å². The predicted molar refractivity (Wildman–Crippen MR) is 97.4 cm³/mol. The van der Waals surface area contributed by atoms with E-state index in [0.717, 1.165) is 6.42 Å². The van der Waals surface area contributed by atoms with E-state index in [9.17, 15) is 4.79 Å². The molecule has 1 N–H and O–H groups in total. The molecule has 0 radical (unpaired) electrons. The standard InChI is InChI=1S/C18H16Cl2N4O2/c19-14-8-12(4-3-11(14)10-21)26-13-5-6-16(15(20)9-13)23-18(25)17-2-1-7-22-24-17/h1-4,7-8,13,15-16H,5-6,9H2,(H,23,25). The van der Waals surface area contributed by atoms with Crippen molar-refractivity contribution in [3.8, 4) is 11.8 Å². The summed E-state index contributed by atoms with van der Waals surface area (Å²) >= 11 is 12.5. The summed E-state index contributed by atoms with van der Waals surface area (Å²) in [7, 11) is 0. The van der Waals surface area contributed by atoms with Crippen molar-refractivity contribution < 1.29 is 9.53 Å². The van der Waals surface area contributed by atoms with Gasteiger partial charge in [-0.1, -0.05) is 11.6 Å². The molecule has 1 aromatic heterocycles. The minimum absolute atomic E-state index is 0.0776. The molecular formula is C18H16Cl2N4O2. The van der Waals surface area contributed by atoms with Gasteiger partial charge in [-0.3, -0.25) is 4.79 Å². The Labute approximate surface area is 161 Å². The first-order chi connectivity index (χ1) is 12.6. The average molecular weight is 391 g/mol. The Morgan fingerprint density at radius 2 is 2.19 bits per heavy atom. The molecule has 3 rings (SSSR count). The van der Waals surface area contributed by atoms with Gasteiger partial charge < -0.3 is 10.1 Å². The van der Waals surface area contributed by atoms with E-state index in [1.165, 1.54) is 6.20 Å². The summed E-state index contributed by atoms with van der Waals surface area (Å²) in [5.41, 5.74) is 0.673. The van der Waals surface area contributed by atoms with E-state index in [0.29, 0.717) is 29.2 Å². The maximum Gasteiger partial charge on any atom is 0.272 e. The number of aromatic nitrogens is 2. The lowest BCUT2D eigenvalue weighted by Gasteiger charge is -2.33. The zero-order valence-corrected chi connectivity index (χ0v) is 15.2. The van der Waals surface area contributed by atoms with Crippen LogP contribution in [0.25, 0.3) is 0 Å². The first-order valence-corrected chi connectivity index (χ1v) is 8.97. The fourth-order valence-electron chi connectivity index (χ4n) is 2.87. The Morgan fingerprint density at radius 3 is 2.85 bits per heavy atom. The first-order valence-electron chi connectivity index (χ1n) is 8.15. The quantitative estimate of drug-likeness (QED) is 0.808. The zero-order valence-electron chi connectivity index (χ0n) is 13.7. The molecule has 1 heterocycles. The molecule has 3 atom stereocenters. The molecule has 26 heavy (non-hydrogen) atoms. The van der Waals surface area contributed by atoms with Gasteiger partial charge in [0.2, 0.25) is 0 Å². The number of alkyl halides is 1. The molecule has 1 fully saturated rings. The normalized spacial score (nSPS) is 22.3. The molecule has 0 saturated heterocycles. The molecule has 0 bridgehead atoms. The number of amides is 1. The summed E-state index contributed by atoms with van der Waals surface area (Å²) in [4.78, 5) is 12.2. The van der Waals surface area contributed by atoms with Gasteiger partial charge in [0.1, 0.15) is 17.9 Å². The zero-order chi connectivity index (χ0) is 18.5. The lowest BCUT2D eigenvalue weighted by molar-refractivity contribution is 0.0891. The van der Waals surface area contributed by atoms with Crippen molar-refractivity contribution in [3.05, 3.63) is 52.8 Å². The van der Waals surface area contributed by atoms with E-state index < -0.39 is 0 Å². The van der Waals surface area contributed by atoms with E-state index in [-0.39, 0.29) is 29.1 Å². The highest BCUT2D eigenvalue weighted by atomic mass is 35.5. The smallest absolute Gasteiger partial charge is 0.272 e. The van der Waals surface area contributed by atoms with E-state index in [2.05, 4.69) is 15.5 Å². The summed E-state index contributed by atoms with van der Waals surface area (Å²) in [6.45, 7) is 0. The molecule has 0 spiro atoms. The van der Waals surface area contributed by atoms with Gasteiger partial charge >= 0.3 is 0 Å². The number of rotatable bonds is 4. The lowest BCUT2D eigenvalue weighted by atomic mass is 9.92. The highest BCUT2D eigenvalue weighted by molar-refractivity contribution is 6.31. The number of hydrogen-bond donors (Lipinski definition) is 1. The van der Waals surface area contributed by atoms with Crippen molar-refractivity contribution in [1.29, 1.82) is 5.26 Å². The van der Waals surface area contributed by atoms with Crippen molar-refractivity contribution >= 4 is 29.1 Å². The SMILES string of the molecule is N#Cc1ccc(OC2CCC(NC(=O)c3cccnn3)C(Cl)C2)cc1Cl. The average Bonchev–Trinajstić information content (AvgIpc) is 2.65. The highest BCUT2D eigenvalue weighted by Gasteiger charge is 2.31. The Balaban J connectivity index is 1.56. The maximum absolute atomic E-state index is 12.2. The summed E-state index contributed by atoms with van der Waals surface area (Å²) in [5, 5.41) is 19.4. The van der Waals surface area contributed by atoms with Gasteiger partial charge in [0.15, 0.2) is 5.69 Å². The van der Waals surface area contributed by atoms with Crippen LogP contribution in [-0.2, 0) is 0 Å². The number of carbonyl (C=O) groups is 1. The van der Waals surface area contributed by atoms with Crippen LogP contribution in [0, 0.1) is 11.3 Å². The Bertz CT molecular complexity index is 826. The van der Waals surface area contributed by atoms with Crippen LogP contribution in [0.2, 0.25) is 5.02 Å². The maximum atomic E-state index is 12.2. The number of carbonyl (C=O) groups excluding carboxylic acids is 1. The minimum atomic E-state index is -0.285. The third kappa shape index (κ3) is 4.43. The van der Waals surface area contributed by atoms with E-state index in [1.807, 2.05) is 6.07 Å². The van der Waals surface area contributed by atoms with E-state index in [1.54, 1.807) is 30.3 Å². The van der Waals surface area contributed by atoms with Crippen LogP contribution in [-0.4, -0.2) is 33.6 Å². The molecule has 134 valence electrons. The predicted octanol–water partition coefficient (Wildman–Crippen LogP) is 3.34. The molecule has 1 aliphatic rings. The second kappa shape index (κ2) is 8.35. The fraction of sp³-hybridized carbons (Fsp3) is 0.333. The summed E-state index contributed by atoms with van der Waals surface area (Å²) in [6.07, 6.45) is 3.45. The van der Waals surface area contributed by atoms with Crippen LogP contribution in [0.5, 0.6) is 5.75 Å².